The number of nitrogens with one attached hydrogen (secondary N) is 1. The van der Waals surface area contributed by atoms with Crippen molar-refractivity contribution in [2.24, 2.45) is 5.92 Å². The molecule has 0 saturated carbocycles. The topological polar surface area (TPSA) is 84.9 Å². The van der Waals surface area contributed by atoms with Gasteiger partial charge < -0.3 is 14.6 Å². The summed E-state index contributed by atoms with van der Waals surface area (Å²) in [6, 6.07) is 7.04. The van der Waals surface area contributed by atoms with Crippen molar-refractivity contribution in [3.05, 3.63) is 53.3 Å². The van der Waals surface area contributed by atoms with E-state index in [0.29, 0.717) is 29.2 Å². The number of benzene rings is 2. The Hall–Kier alpha value is -2.37. The van der Waals surface area contributed by atoms with Gasteiger partial charge in [0, 0.05) is 19.2 Å². The summed E-state index contributed by atoms with van der Waals surface area (Å²) in [6.07, 6.45) is -5.01. The summed E-state index contributed by atoms with van der Waals surface area (Å²) in [6.45, 7) is -0.816. The lowest BCUT2D eigenvalue weighted by Gasteiger charge is -2.18. The van der Waals surface area contributed by atoms with Crippen molar-refractivity contribution in [3.8, 4) is 11.5 Å². The Balaban J connectivity index is 2.22. The first-order valence-electron chi connectivity index (χ1n) is 8.70. The monoisotopic (exact) mass is 451 g/mol. The zero-order valence-electron chi connectivity index (χ0n) is 16.2. The number of sulfonamides is 1. The minimum Gasteiger partial charge on any atom is -0.497 e. The summed E-state index contributed by atoms with van der Waals surface area (Å²) >= 11 is 0. The summed E-state index contributed by atoms with van der Waals surface area (Å²) in [4.78, 5) is -1.21. The first-order valence-corrected chi connectivity index (χ1v) is 10.2. The van der Waals surface area contributed by atoms with E-state index in [2.05, 4.69) is 0 Å². The lowest BCUT2D eigenvalue weighted by molar-refractivity contribution is -0.142. The van der Waals surface area contributed by atoms with Crippen LogP contribution in [0.2, 0.25) is 0 Å². The van der Waals surface area contributed by atoms with Crippen LogP contribution in [0, 0.1) is 11.7 Å². The summed E-state index contributed by atoms with van der Waals surface area (Å²) in [5.41, 5.74) is -1.21. The van der Waals surface area contributed by atoms with Crippen molar-refractivity contribution in [1.82, 2.24) is 4.72 Å². The standard InChI is InChI=1S/C19H21F4NO5S/c1-28-14-7-12(8-15(9-14)29-2)6-13(11-25)10-24-30(26,27)17-5-3-4-16(20)18(17)19(21,22)23/h3-5,7-9,13,24-25H,6,10-11H2,1-2H3. The van der Waals surface area contributed by atoms with E-state index >= 15 is 0 Å². The zero-order valence-corrected chi connectivity index (χ0v) is 17.0. The minimum absolute atomic E-state index is 0.182. The molecule has 6 nitrogen and oxygen atoms in total. The van der Waals surface area contributed by atoms with Crippen molar-refractivity contribution < 1.29 is 40.6 Å². The van der Waals surface area contributed by atoms with Crippen molar-refractivity contribution in [2.45, 2.75) is 17.5 Å². The maximum absolute atomic E-state index is 13.7. The van der Waals surface area contributed by atoms with E-state index in [1.807, 2.05) is 4.72 Å². The molecular formula is C19H21F4NO5S. The van der Waals surface area contributed by atoms with E-state index in [0.717, 1.165) is 6.07 Å². The molecule has 1 atom stereocenters. The highest BCUT2D eigenvalue weighted by atomic mass is 32.2. The Kier molecular flexibility index (Phi) is 7.67. The van der Waals surface area contributed by atoms with Crippen LogP contribution >= 0.6 is 0 Å². The minimum atomic E-state index is -5.19. The fraction of sp³-hybridized carbons (Fsp3) is 0.368. The largest absolute Gasteiger partial charge is 0.497 e. The quantitative estimate of drug-likeness (QED) is 0.573. The highest BCUT2D eigenvalue weighted by molar-refractivity contribution is 7.89. The van der Waals surface area contributed by atoms with Crippen LogP contribution in [-0.2, 0) is 22.6 Å². The van der Waals surface area contributed by atoms with E-state index < -0.39 is 45.0 Å². The van der Waals surface area contributed by atoms with Gasteiger partial charge in [-0.05, 0) is 42.2 Å². The van der Waals surface area contributed by atoms with Crippen molar-refractivity contribution >= 4 is 10.0 Å². The first-order chi connectivity index (χ1) is 14.0. The van der Waals surface area contributed by atoms with Crippen LogP contribution in [-0.4, -0.2) is 40.9 Å². The van der Waals surface area contributed by atoms with Gasteiger partial charge in [0.25, 0.3) is 0 Å². The molecule has 2 N–H and O–H groups in total. The van der Waals surface area contributed by atoms with Crippen LogP contribution in [0.15, 0.2) is 41.3 Å². The fourth-order valence-electron chi connectivity index (χ4n) is 2.83. The lowest BCUT2D eigenvalue weighted by atomic mass is 10.00. The van der Waals surface area contributed by atoms with E-state index in [1.165, 1.54) is 14.2 Å². The molecule has 0 aliphatic heterocycles. The second-order valence-electron chi connectivity index (χ2n) is 6.44. The molecule has 0 radical (unpaired) electrons. The maximum Gasteiger partial charge on any atom is 0.420 e. The number of hydrogen-bond acceptors (Lipinski definition) is 5. The van der Waals surface area contributed by atoms with Gasteiger partial charge in [-0.1, -0.05) is 6.07 Å². The number of ether oxygens (including phenoxy) is 2. The highest BCUT2D eigenvalue weighted by Gasteiger charge is 2.40. The van der Waals surface area contributed by atoms with Gasteiger partial charge >= 0.3 is 6.18 Å². The predicted octanol–water partition coefficient (Wildman–Crippen LogP) is 2.99. The molecule has 0 aromatic heterocycles. The van der Waals surface area contributed by atoms with E-state index in [4.69, 9.17) is 9.47 Å². The molecular weight excluding hydrogens is 430 g/mol. The van der Waals surface area contributed by atoms with Crippen LogP contribution in [0.5, 0.6) is 11.5 Å². The molecule has 166 valence electrons. The van der Waals surface area contributed by atoms with E-state index in [9.17, 15) is 31.1 Å². The SMILES string of the molecule is COc1cc(CC(CO)CNS(=O)(=O)c2cccc(F)c2C(F)(F)F)cc(OC)c1. The van der Waals surface area contributed by atoms with Crippen LogP contribution in [0.4, 0.5) is 17.6 Å². The molecule has 11 heteroatoms. The first kappa shape index (κ1) is 23.9. The smallest absolute Gasteiger partial charge is 0.420 e. The van der Waals surface area contributed by atoms with Crippen LogP contribution in [0.3, 0.4) is 0 Å². The molecule has 0 fully saturated rings. The van der Waals surface area contributed by atoms with Crippen LogP contribution in [0.25, 0.3) is 0 Å². The normalized spacial score (nSPS) is 13.2. The van der Waals surface area contributed by atoms with Gasteiger partial charge in [-0.2, -0.15) is 13.2 Å². The second-order valence-corrected chi connectivity index (χ2v) is 8.17. The number of aliphatic hydroxyl groups excluding tert-OH is 1. The van der Waals surface area contributed by atoms with Gasteiger partial charge in [-0.15, -0.1) is 0 Å². The Morgan fingerprint density at radius 2 is 1.70 bits per heavy atom. The molecule has 0 bridgehead atoms. The average molecular weight is 451 g/mol. The number of methoxy groups -OCH3 is 2. The molecule has 30 heavy (non-hydrogen) atoms. The Labute approximate surface area is 171 Å². The average Bonchev–Trinajstić information content (AvgIpc) is 2.69. The third kappa shape index (κ3) is 5.83. The van der Waals surface area contributed by atoms with Crippen molar-refractivity contribution in [1.29, 1.82) is 0 Å². The van der Waals surface area contributed by atoms with Gasteiger partial charge in [0.1, 0.15) is 22.9 Å². The summed E-state index contributed by atoms with van der Waals surface area (Å²) < 4.78 is 90.3. The third-order valence-corrected chi connectivity index (χ3v) is 5.77. The molecule has 0 spiro atoms. The van der Waals surface area contributed by atoms with Gasteiger partial charge in [0.05, 0.1) is 19.1 Å². The Morgan fingerprint density at radius 1 is 1.10 bits per heavy atom. The Morgan fingerprint density at radius 3 is 2.20 bits per heavy atom. The summed E-state index contributed by atoms with van der Waals surface area (Å²) in [7, 11) is -1.79. The fourth-order valence-corrected chi connectivity index (χ4v) is 4.18. The predicted molar refractivity (Wildman–Crippen MR) is 100 cm³/mol. The maximum atomic E-state index is 13.7. The van der Waals surface area contributed by atoms with Gasteiger partial charge in [0.2, 0.25) is 10.0 Å². The molecule has 0 amide bonds. The molecule has 0 saturated heterocycles. The molecule has 2 aromatic rings. The van der Waals surface area contributed by atoms with Crippen molar-refractivity contribution in [3.63, 3.8) is 0 Å². The molecule has 2 aromatic carbocycles. The highest BCUT2D eigenvalue weighted by Crippen LogP contribution is 2.36. The molecule has 2 rings (SSSR count). The van der Waals surface area contributed by atoms with E-state index in [-0.39, 0.29) is 13.0 Å². The third-order valence-electron chi connectivity index (χ3n) is 4.30. The van der Waals surface area contributed by atoms with E-state index in [1.54, 1.807) is 18.2 Å². The number of rotatable bonds is 9. The van der Waals surface area contributed by atoms with Gasteiger partial charge in [-0.25, -0.2) is 17.5 Å². The zero-order chi connectivity index (χ0) is 22.5. The number of halogens is 4. The van der Waals surface area contributed by atoms with Crippen molar-refractivity contribution in [2.75, 3.05) is 27.4 Å². The lowest BCUT2D eigenvalue weighted by Crippen LogP contribution is -2.33. The van der Waals surface area contributed by atoms with Crippen LogP contribution in [0.1, 0.15) is 11.1 Å². The molecule has 0 aliphatic rings. The molecule has 0 aliphatic carbocycles. The van der Waals surface area contributed by atoms with Crippen LogP contribution < -0.4 is 14.2 Å². The van der Waals surface area contributed by atoms with Gasteiger partial charge in [-0.3, -0.25) is 0 Å². The second kappa shape index (κ2) is 9.63. The van der Waals surface area contributed by atoms with Gasteiger partial charge in [0.15, 0.2) is 0 Å². The molecule has 0 heterocycles. The number of hydrogen-bond donors (Lipinski definition) is 2. The molecule has 1 unspecified atom stereocenters. The number of alkyl halides is 3. The summed E-state index contributed by atoms with van der Waals surface area (Å²) in [5.74, 6) is -1.39. The number of aliphatic hydroxyl groups is 1. The Bertz CT molecular complexity index is 957. The summed E-state index contributed by atoms with van der Waals surface area (Å²) in [5, 5.41) is 9.60.